The second kappa shape index (κ2) is 15.1. The van der Waals surface area contributed by atoms with E-state index in [4.69, 9.17) is 9.47 Å². The number of carbonyl (C=O) groups excluding carboxylic acids is 5. The Hall–Kier alpha value is -5.20. The van der Waals surface area contributed by atoms with Gasteiger partial charge in [0.2, 0.25) is 17.7 Å². The summed E-state index contributed by atoms with van der Waals surface area (Å²) < 4.78 is 26.1. The highest BCUT2D eigenvalue weighted by atomic mass is 19.1. The summed E-state index contributed by atoms with van der Waals surface area (Å²) in [6.45, 7) is 5.23. The van der Waals surface area contributed by atoms with Crippen LogP contribution in [0.25, 0.3) is 10.8 Å². The highest BCUT2D eigenvalue weighted by molar-refractivity contribution is 5.99. The third-order valence-electron chi connectivity index (χ3n) is 8.86. The molecule has 1 saturated heterocycles. The molecule has 0 saturated carbocycles. The summed E-state index contributed by atoms with van der Waals surface area (Å²) in [6.07, 6.45) is -0.514. The van der Waals surface area contributed by atoms with E-state index in [1.165, 1.54) is 34.9 Å². The predicted molar refractivity (Wildman–Crippen MR) is 184 cm³/mol. The smallest absolute Gasteiger partial charge is 0.407 e. The highest BCUT2D eigenvalue weighted by Crippen LogP contribution is 2.27. The molecule has 1 fully saturated rings. The number of likely N-dealkylation sites (N-methyl/N-ethyl adjacent to an activating group) is 2. The average molecular weight is 690 g/mol. The van der Waals surface area contributed by atoms with E-state index in [0.29, 0.717) is 6.42 Å². The lowest BCUT2D eigenvalue weighted by Gasteiger charge is -2.28. The lowest BCUT2D eigenvalue weighted by molar-refractivity contribution is -0.140. The van der Waals surface area contributed by atoms with Gasteiger partial charge in [-0.15, -0.1) is 0 Å². The maximum absolute atomic E-state index is 14.6. The van der Waals surface area contributed by atoms with Gasteiger partial charge in [-0.25, -0.2) is 9.18 Å². The molecule has 50 heavy (non-hydrogen) atoms. The summed E-state index contributed by atoms with van der Waals surface area (Å²) in [7, 11) is 2.93. The van der Waals surface area contributed by atoms with Crippen molar-refractivity contribution in [3.8, 4) is 5.75 Å². The normalized spacial score (nSPS) is 20.7. The SMILES string of the molecule is CN1CC(=O)N2C[C@@H](NC(=O)OC(C)(C)C)C[C@H]2COc2ccc(F)cc2C(=O)N(C)[C@@H](C(=O)NCc2ccc3ccccc3c2)CCC1=O. The minimum absolute atomic E-state index is 0.0527. The number of hydrogen-bond acceptors (Lipinski definition) is 7. The second-order valence-electron chi connectivity index (χ2n) is 13.8. The molecule has 266 valence electrons. The Morgan fingerprint density at radius 2 is 1.72 bits per heavy atom. The minimum Gasteiger partial charge on any atom is -0.491 e. The van der Waals surface area contributed by atoms with E-state index in [1.807, 2.05) is 42.5 Å². The standard InChI is InChI=1S/C37H44FN5O7/c1-37(2,3)50-36(48)40-27-18-28-22-49-31-14-12-26(38)17-29(31)35(47)42(5)30(13-15-32(44)41(4)21-33(45)43(28)20-27)34(46)39-19-23-10-11-24-8-6-7-9-25(24)16-23/h6-12,14,16-17,27-28,30H,13,15,18-22H2,1-5H3,(H,39,46)(H,40,48)/t27-,28-,30+/m0/s1. The predicted octanol–water partition coefficient (Wildman–Crippen LogP) is 3.86. The van der Waals surface area contributed by atoms with Crippen LogP contribution < -0.4 is 15.4 Å². The van der Waals surface area contributed by atoms with Crippen molar-refractivity contribution >= 4 is 40.5 Å². The number of nitrogens with zero attached hydrogens (tertiary/aromatic N) is 3. The first kappa shape index (κ1) is 36.1. The number of alkyl carbamates (subject to hydrolysis) is 1. The fourth-order valence-electron chi connectivity index (χ4n) is 6.26. The van der Waals surface area contributed by atoms with Crippen molar-refractivity contribution in [2.24, 2.45) is 0 Å². The van der Waals surface area contributed by atoms with Gasteiger partial charge in [0.15, 0.2) is 0 Å². The van der Waals surface area contributed by atoms with Crippen molar-refractivity contribution < 1.29 is 37.8 Å². The molecule has 0 spiro atoms. The Morgan fingerprint density at radius 3 is 2.46 bits per heavy atom. The Kier molecular flexibility index (Phi) is 10.9. The van der Waals surface area contributed by atoms with Crippen LogP contribution in [0, 0.1) is 5.82 Å². The van der Waals surface area contributed by atoms with Crippen molar-refractivity contribution in [2.45, 2.75) is 70.3 Å². The number of benzene rings is 3. The van der Waals surface area contributed by atoms with Gasteiger partial charge in [0.1, 0.15) is 29.8 Å². The Balaban J connectivity index is 1.38. The van der Waals surface area contributed by atoms with E-state index in [2.05, 4.69) is 10.6 Å². The Morgan fingerprint density at radius 1 is 0.980 bits per heavy atom. The largest absolute Gasteiger partial charge is 0.491 e. The molecule has 0 unspecified atom stereocenters. The summed E-state index contributed by atoms with van der Waals surface area (Å²) in [5.41, 5.74) is 0.0181. The van der Waals surface area contributed by atoms with Crippen LogP contribution in [0.15, 0.2) is 60.7 Å². The van der Waals surface area contributed by atoms with Crippen LogP contribution in [0.2, 0.25) is 0 Å². The number of hydrogen-bond donors (Lipinski definition) is 2. The van der Waals surface area contributed by atoms with Gasteiger partial charge in [-0.05, 0) is 74.2 Å². The first-order valence-electron chi connectivity index (χ1n) is 16.7. The molecule has 0 radical (unpaired) electrons. The number of nitrogens with one attached hydrogen (secondary N) is 2. The van der Waals surface area contributed by atoms with Crippen molar-refractivity contribution in [3.63, 3.8) is 0 Å². The summed E-state index contributed by atoms with van der Waals surface area (Å²) in [5, 5.41) is 7.76. The van der Waals surface area contributed by atoms with Crippen molar-refractivity contribution in [3.05, 3.63) is 77.6 Å². The van der Waals surface area contributed by atoms with Gasteiger partial charge in [0.05, 0.1) is 24.2 Å². The van der Waals surface area contributed by atoms with Gasteiger partial charge in [-0.3, -0.25) is 19.2 Å². The topological polar surface area (TPSA) is 138 Å². The molecule has 13 heteroatoms. The molecule has 3 aromatic rings. The first-order chi connectivity index (χ1) is 23.7. The molecular formula is C37H44FN5O7. The first-order valence-corrected chi connectivity index (χ1v) is 16.7. The van der Waals surface area contributed by atoms with E-state index in [0.717, 1.165) is 28.5 Å². The molecule has 0 aliphatic carbocycles. The molecule has 3 aromatic carbocycles. The van der Waals surface area contributed by atoms with E-state index < -0.39 is 53.4 Å². The number of carbonyl (C=O) groups is 5. The zero-order valence-corrected chi connectivity index (χ0v) is 29.0. The maximum Gasteiger partial charge on any atom is 0.407 e. The summed E-state index contributed by atoms with van der Waals surface area (Å²) >= 11 is 0. The molecule has 3 atom stereocenters. The average Bonchev–Trinajstić information content (AvgIpc) is 3.47. The Labute approximate surface area is 290 Å². The van der Waals surface area contributed by atoms with E-state index >= 15 is 0 Å². The molecular weight excluding hydrogens is 645 g/mol. The van der Waals surface area contributed by atoms with Crippen molar-refractivity contribution in [1.82, 2.24) is 25.3 Å². The zero-order chi connectivity index (χ0) is 36.2. The second-order valence-corrected chi connectivity index (χ2v) is 13.8. The molecule has 0 bridgehead atoms. The molecule has 5 amide bonds. The third kappa shape index (κ3) is 8.87. The van der Waals surface area contributed by atoms with Crippen LogP contribution in [0.1, 0.15) is 56.0 Å². The molecule has 12 nitrogen and oxygen atoms in total. The van der Waals surface area contributed by atoms with E-state index in [1.54, 1.807) is 20.8 Å². The van der Waals surface area contributed by atoms with Crippen LogP contribution in [-0.4, -0.2) is 102 Å². The van der Waals surface area contributed by atoms with E-state index in [9.17, 15) is 28.4 Å². The van der Waals surface area contributed by atoms with Crippen LogP contribution in [-0.2, 0) is 25.7 Å². The number of amides is 5. The molecule has 2 aliphatic heterocycles. The fourth-order valence-corrected chi connectivity index (χ4v) is 6.26. The van der Waals surface area contributed by atoms with E-state index in [-0.39, 0.29) is 56.3 Å². The maximum atomic E-state index is 14.6. The Bertz CT molecular complexity index is 1780. The molecule has 5 rings (SSSR count). The number of fused-ring (bicyclic) bond motifs is 3. The van der Waals surface area contributed by atoms with Gasteiger partial charge in [-0.1, -0.05) is 36.4 Å². The van der Waals surface area contributed by atoms with Crippen LogP contribution in [0.4, 0.5) is 9.18 Å². The quantitative estimate of drug-likeness (QED) is 0.425. The number of halogens is 1. The molecule has 2 N–H and O–H groups in total. The van der Waals surface area contributed by atoms with Crippen LogP contribution in [0.5, 0.6) is 5.75 Å². The third-order valence-corrected chi connectivity index (χ3v) is 8.86. The monoisotopic (exact) mass is 689 g/mol. The van der Waals surface area contributed by atoms with Crippen LogP contribution >= 0.6 is 0 Å². The summed E-state index contributed by atoms with van der Waals surface area (Å²) in [4.78, 5) is 71.0. The van der Waals surface area contributed by atoms with Crippen molar-refractivity contribution in [2.75, 3.05) is 33.8 Å². The van der Waals surface area contributed by atoms with Gasteiger partial charge in [-0.2, -0.15) is 0 Å². The van der Waals surface area contributed by atoms with Gasteiger partial charge >= 0.3 is 6.09 Å². The van der Waals surface area contributed by atoms with Gasteiger partial charge in [0.25, 0.3) is 5.91 Å². The lowest BCUT2D eigenvalue weighted by Crippen LogP contribution is -2.48. The molecule has 2 aliphatic rings. The van der Waals surface area contributed by atoms with Gasteiger partial charge in [0, 0.05) is 33.6 Å². The molecule has 2 heterocycles. The molecule has 0 aromatic heterocycles. The highest BCUT2D eigenvalue weighted by Gasteiger charge is 2.38. The summed E-state index contributed by atoms with van der Waals surface area (Å²) in [6, 6.07) is 15.1. The lowest BCUT2D eigenvalue weighted by atomic mass is 10.0. The van der Waals surface area contributed by atoms with Crippen molar-refractivity contribution in [1.29, 1.82) is 0 Å². The summed E-state index contributed by atoms with van der Waals surface area (Å²) in [5.74, 6) is -2.55. The zero-order valence-electron chi connectivity index (χ0n) is 29.0. The minimum atomic E-state index is -1.10. The number of rotatable bonds is 4. The van der Waals surface area contributed by atoms with Gasteiger partial charge < -0.3 is 34.8 Å². The van der Waals surface area contributed by atoms with Crippen LogP contribution in [0.3, 0.4) is 0 Å². The fraction of sp³-hybridized carbons (Fsp3) is 0.432. The number of ether oxygens (including phenoxy) is 2.